The zero-order valence-corrected chi connectivity index (χ0v) is 10.6. The minimum absolute atomic E-state index is 0.230. The van der Waals surface area contributed by atoms with Crippen molar-refractivity contribution in [1.82, 2.24) is 9.97 Å². The maximum absolute atomic E-state index is 13.4. The molecule has 0 saturated carbocycles. The fraction of sp³-hybridized carbons (Fsp3) is 0.0909. The van der Waals surface area contributed by atoms with Crippen LogP contribution in [0.4, 0.5) is 4.39 Å². The summed E-state index contributed by atoms with van der Waals surface area (Å²) in [5.41, 5.74) is 0.600. The molecular weight excluding hydrogens is 291 g/mol. The first kappa shape index (κ1) is 11.4. The van der Waals surface area contributed by atoms with Gasteiger partial charge in [-0.05, 0) is 27.6 Å². The molecule has 2 nitrogen and oxygen atoms in total. The number of nitrogens with one attached hydrogen (secondary N) is 1. The zero-order chi connectivity index (χ0) is 11.5. The van der Waals surface area contributed by atoms with Crippen molar-refractivity contribution in [2.45, 2.75) is 6.42 Å². The van der Waals surface area contributed by atoms with Crippen molar-refractivity contribution >= 4 is 28.1 Å². The molecule has 82 valence electrons. The monoisotopic (exact) mass is 298 g/mol. The van der Waals surface area contributed by atoms with E-state index in [0.29, 0.717) is 22.4 Å². The molecule has 0 spiro atoms. The van der Waals surface area contributed by atoms with Gasteiger partial charge in [0.2, 0.25) is 0 Å². The lowest BCUT2D eigenvalue weighted by Gasteiger charge is -2.03. The number of nitrogens with zero attached hydrogens (tertiary/aromatic N) is 1. The summed E-state index contributed by atoms with van der Waals surface area (Å²) in [6, 6.07) is 6.63. The van der Waals surface area contributed by atoms with Gasteiger partial charge in [0.1, 0.15) is 16.3 Å². The Labute approximate surface area is 106 Å². The van der Waals surface area contributed by atoms with Gasteiger partial charge in [-0.15, -0.1) is 0 Å². The second kappa shape index (κ2) is 4.84. The molecule has 1 heterocycles. The third-order valence-electron chi connectivity index (χ3n) is 2.12. The number of H-pyrrole nitrogens is 1. The molecular formula is C11H8BrFN2S. The van der Waals surface area contributed by atoms with Gasteiger partial charge in [-0.3, -0.25) is 0 Å². The van der Waals surface area contributed by atoms with Gasteiger partial charge in [-0.2, -0.15) is 0 Å². The van der Waals surface area contributed by atoms with Crippen molar-refractivity contribution in [3.05, 3.63) is 56.8 Å². The summed E-state index contributed by atoms with van der Waals surface area (Å²) in [7, 11) is 0. The van der Waals surface area contributed by atoms with Gasteiger partial charge < -0.3 is 4.98 Å². The summed E-state index contributed by atoms with van der Waals surface area (Å²) in [5.74, 6) is 0.421. The van der Waals surface area contributed by atoms with Gasteiger partial charge in [0, 0.05) is 12.6 Å². The Hall–Kier alpha value is -1.07. The molecule has 0 bridgehead atoms. The van der Waals surface area contributed by atoms with E-state index in [1.54, 1.807) is 24.4 Å². The van der Waals surface area contributed by atoms with Crippen molar-refractivity contribution in [3.63, 3.8) is 0 Å². The smallest absolute Gasteiger partial charge is 0.126 e. The Morgan fingerprint density at radius 3 is 2.81 bits per heavy atom. The number of aromatic amines is 1. The SMILES string of the molecule is Fc1ccccc1Cc1ncc(Br)c(=S)[nH]1. The highest BCUT2D eigenvalue weighted by atomic mass is 79.9. The maximum atomic E-state index is 13.4. The van der Waals surface area contributed by atoms with E-state index in [1.807, 2.05) is 0 Å². The molecule has 2 aromatic rings. The summed E-state index contributed by atoms with van der Waals surface area (Å²) in [4.78, 5) is 7.08. The molecule has 0 saturated heterocycles. The quantitative estimate of drug-likeness (QED) is 0.858. The van der Waals surface area contributed by atoms with Gasteiger partial charge >= 0.3 is 0 Å². The minimum atomic E-state index is -0.230. The first-order chi connectivity index (χ1) is 7.66. The molecule has 0 unspecified atom stereocenters. The van der Waals surface area contributed by atoms with E-state index < -0.39 is 0 Å². The van der Waals surface area contributed by atoms with Crippen LogP contribution in [-0.4, -0.2) is 9.97 Å². The van der Waals surface area contributed by atoms with E-state index in [-0.39, 0.29) is 5.82 Å². The maximum Gasteiger partial charge on any atom is 0.126 e. The van der Waals surface area contributed by atoms with Crippen LogP contribution >= 0.6 is 28.1 Å². The fourth-order valence-corrected chi connectivity index (χ4v) is 1.70. The summed E-state index contributed by atoms with van der Waals surface area (Å²) in [5, 5.41) is 0. The molecule has 0 fully saturated rings. The summed E-state index contributed by atoms with van der Waals surface area (Å²) in [6.45, 7) is 0. The summed E-state index contributed by atoms with van der Waals surface area (Å²) >= 11 is 8.31. The third-order valence-corrected chi connectivity index (χ3v) is 3.31. The summed E-state index contributed by atoms with van der Waals surface area (Å²) < 4.78 is 14.7. The van der Waals surface area contributed by atoms with E-state index in [2.05, 4.69) is 25.9 Å². The molecule has 1 N–H and O–H groups in total. The average molecular weight is 299 g/mol. The van der Waals surface area contributed by atoms with Crippen LogP contribution < -0.4 is 0 Å². The lowest BCUT2D eigenvalue weighted by molar-refractivity contribution is 0.612. The average Bonchev–Trinajstić information content (AvgIpc) is 2.27. The lowest BCUT2D eigenvalue weighted by Crippen LogP contribution is -1.98. The van der Waals surface area contributed by atoms with Crippen LogP contribution in [0, 0.1) is 10.5 Å². The Morgan fingerprint density at radius 2 is 2.12 bits per heavy atom. The molecule has 0 aliphatic heterocycles. The molecule has 0 aliphatic rings. The van der Waals surface area contributed by atoms with Crippen LogP contribution in [0.2, 0.25) is 0 Å². The molecule has 0 aliphatic carbocycles. The predicted octanol–water partition coefficient (Wildman–Crippen LogP) is 3.63. The van der Waals surface area contributed by atoms with Crippen molar-refractivity contribution in [1.29, 1.82) is 0 Å². The number of rotatable bonds is 2. The highest BCUT2D eigenvalue weighted by Crippen LogP contribution is 2.13. The molecule has 0 radical (unpaired) electrons. The third kappa shape index (κ3) is 2.54. The lowest BCUT2D eigenvalue weighted by atomic mass is 10.1. The van der Waals surface area contributed by atoms with Crippen LogP contribution in [0.15, 0.2) is 34.9 Å². The second-order valence-corrected chi connectivity index (χ2v) is 4.54. The predicted molar refractivity (Wildman–Crippen MR) is 66.3 cm³/mol. The Balaban J connectivity index is 2.31. The van der Waals surface area contributed by atoms with Crippen molar-refractivity contribution < 1.29 is 4.39 Å². The van der Waals surface area contributed by atoms with E-state index in [1.165, 1.54) is 6.07 Å². The van der Waals surface area contributed by atoms with Crippen molar-refractivity contribution in [2.75, 3.05) is 0 Å². The number of hydrogen-bond acceptors (Lipinski definition) is 2. The van der Waals surface area contributed by atoms with Crippen molar-refractivity contribution in [2.24, 2.45) is 0 Å². The number of aromatic nitrogens is 2. The van der Waals surface area contributed by atoms with Crippen LogP contribution in [0.25, 0.3) is 0 Å². The summed E-state index contributed by atoms with van der Waals surface area (Å²) in [6.07, 6.45) is 2.03. The number of halogens is 2. The molecule has 5 heteroatoms. The molecule has 0 amide bonds. The largest absolute Gasteiger partial charge is 0.334 e. The molecule has 1 aromatic heterocycles. The van der Waals surface area contributed by atoms with E-state index >= 15 is 0 Å². The van der Waals surface area contributed by atoms with Crippen LogP contribution in [-0.2, 0) is 6.42 Å². The van der Waals surface area contributed by atoms with Crippen LogP contribution in [0.5, 0.6) is 0 Å². The standard InChI is InChI=1S/C11H8BrFN2S/c12-8-6-14-10(15-11(8)16)5-7-3-1-2-4-9(7)13/h1-4,6H,5H2,(H,14,15,16). The molecule has 2 rings (SSSR count). The van der Waals surface area contributed by atoms with E-state index in [0.717, 1.165) is 4.47 Å². The Kier molecular flexibility index (Phi) is 3.46. The van der Waals surface area contributed by atoms with Crippen LogP contribution in [0.1, 0.15) is 11.4 Å². The highest BCUT2D eigenvalue weighted by Gasteiger charge is 2.04. The first-order valence-corrected chi connectivity index (χ1v) is 5.84. The Bertz CT molecular complexity index is 568. The molecule has 1 aromatic carbocycles. The normalized spacial score (nSPS) is 10.4. The second-order valence-electron chi connectivity index (χ2n) is 3.28. The van der Waals surface area contributed by atoms with Crippen LogP contribution in [0.3, 0.4) is 0 Å². The molecule has 0 atom stereocenters. The number of benzene rings is 1. The van der Waals surface area contributed by atoms with Gasteiger partial charge in [-0.1, -0.05) is 30.4 Å². The first-order valence-electron chi connectivity index (χ1n) is 4.64. The number of hydrogen-bond donors (Lipinski definition) is 1. The topological polar surface area (TPSA) is 28.7 Å². The minimum Gasteiger partial charge on any atom is -0.334 e. The van der Waals surface area contributed by atoms with E-state index in [9.17, 15) is 4.39 Å². The van der Waals surface area contributed by atoms with Gasteiger partial charge in [-0.25, -0.2) is 9.37 Å². The van der Waals surface area contributed by atoms with Gasteiger partial charge in [0.15, 0.2) is 0 Å². The van der Waals surface area contributed by atoms with Gasteiger partial charge in [0.25, 0.3) is 0 Å². The Morgan fingerprint density at radius 1 is 1.38 bits per heavy atom. The van der Waals surface area contributed by atoms with Gasteiger partial charge in [0.05, 0.1) is 4.47 Å². The van der Waals surface area contributed by atoms with E-state index in [4.69, 9.17) is 12.2 Å². The zero-order valence-electron chi connectivity index (χ0n) is 8.21. The fourth-order valence-electron chi connectivity index (χ4n) is 1.33. The van der Waals surface area contributed by atoms with Crippen molar-refractivity contribution in [3.8, 4) is 0 Å². The highest BCUT2D eigenvalue weighted by molar-refractivity contribution is 9.10. The molecule has 16 heavy (non-hydrogen) atoms.